The lowest BCUT2D eigenvalue weighted by Gasteiger charge is -2.27. The number of hydrogen-bond acceptors (Lipinski definition) is 8. The lowest BCUT2D eigenvalue weighted by molar-refractivity contribution is -0.880. The SMILES string of the molecule is CC(=O)C[N+](C)(C)CCN=C=S.CCOC(=O)CBr.CN(C)CCN=C=S.[Br-]. The van der Waals surface area contributed by atoms with Crippen molar-refractivity contribution in [2.75, 3.05) is 72.9 Å². The van der Waals surface area contributed by atoms with Crippen LogP contribution in [0.4, 0.5) is 0 Å². The Hall–Kier alpha value is -0.380. The number of carbonyl (C=O) groups is 2. The fourth-order valence-electron chi connectivity index (χ4n) is 1.54. The summed E-state index contributed by atoms with van der Waals surface area (Å²) < 4.78 is 5.17. The molecule has 0 aromatic rings. The Labute approximate surface area is 199 Å². The highest BCUT2D eigenvalue weighted by atomic mass is 79.9. The topological polar surface area (TPSA) is 71.3 Å². The standard InChI is InChI=1S/C8H15N2OS.C5H10N2S.C4H7BrO2.BrH/c1-8(11)6-10(2,3)5-4-9-7-12;1-7(2)4-3-6-5-8;1-2-7-4(6)3-5;/h4-6H2,1-3H3;3-4H2,1-2H3;2-3H2,1H3;1H/q+1;;;/p-1. The number of nitrogens with zero attached hydrogens (tertiary/aromatic N) is 4. The van der Waals surface area contributed by atoms with Crippen LogP contribution in [-0.2, 0) is 14.3 Å². The van der Waals surface area contributed by atoms with Gasteiger partial charge in [0.05, 0.1) is 50.7 Å². The molecule has 0 N–H and O–H groups in total. The zero-order valence-corrected chi connectivity index (χ0v) is 22.3. The van der Waals surface area contributed by atoms with E-state index < -0.39 is 0 Å². The molecule has 7 nitrogen and oxygen atoms in total. The maximum absolute atomic E-state index is 10.8. The summed E-state index contributed by atoms with van der Waals surface area (Å²) >= 11 is 11.7. The molecule has 28 heavy (non-hydrogen) atoms. The number of carbonyl (C=O) groups excluding carboxylic acids is 2. The maximum atomic E-state index is 10.8. The molecule has 0 heterocycles. The summed E-state index contributed by atoms with van der Waals surface area (Å²) in [7, 11) is 8.00. The Balaban J connectivity index is -0.000000159. The van der Waals surface area contributed by atoms with Gasteiger partial charge in [-0.25, -0.2) is 9.98 Å². The van der Waals surface area contributed by atoms with E-state index in [0.29, 0.717) is 29.5 Å². The molecule has 0 unspecified atom stereocenters. The molecule has 0 bridgehead atoms. The second kappa shape index (κ2) is 24.7. The highest BCUT2D eigenvalue weighted by Gasteiger charge is 2.16. The Morgan fingerprint density at radius 1 is 1.14 bits per heavy atom. The van der Waals surface area contributed by atoms with Gasteiger partial charge in [-0.05, 0) is 45.5 Å². The zero-order valence-electron chi connectivity index (χ0n) is 17.5. The van der Waals surface area contributed by atoms with Gasteiger partial charge in [0, 0.05) is 13.5 Å². The molecular formula is C17H32Br2N4O3S2. The van der Waals surface area contributed by atoms with Gasteiger partial charge in [-0.2, -0.15) is 0 Å². The highest BCUT2D eigenvalue weighted by Crippen LogP contribution is 1.96. The molecule has 164 valence electrons. The number of esters is 1. The van der Waals surface area contributed by atoms with Gasteiger partial charge in [0.1, 0.15) is 11.9 Å². The average molecular weight is 564 g/mol. The summed E-state index contributed by atoms with van der Waals surface area (Å²) in [6.07, 6.45) is 0. The van der Waals surface area contributed by atoms with Crippen LogP contribution >= 0.6 is 40.4 Å². The second-order valence-corrected chi connectivity index (χ2v) is 7.13. The van der Waals surface area contributed by atoms with Crippen molar-refractivity contribution in [3.05, 3.63) is 0 Å². The highest BCUT2D eigenvalue weighted by molar-refractivity contribution is 9.09. The summed E-state index contributed by atoms with van der Waals surface area (Å²) in [6.45, 7) is 7.56. The lowest BCUT2D eigenvalue weighted by atomic mass is 10.3. The van der Waals surface area contributed by atoms with Crippen LogP contribution in [-0.4, -0.2) is 104 Å². The van der Waals surface area contributed by atoms with Crippen LogP contribution in [0, 0.1) is 0 Å². The molecule has 0 aromatic heterocycles. The zero-order chi connectivity index (χ0) is 21.7. The van der Waals surface area contributed by atoms with Crippen molar-refractivity contribution < 1.29 is 35.8 Å². The number of ether oxygens (including phenoxy) is 1. The van der Waals surface area contributed by atoms with Crippen molar-refractivity contribution in [1.82, 2.24) is 4.90 Å². The van der Waals surface area contributed by atoms with Crippen molar-refractivity contribution in [3.63, 3.8) is 0 Å². The Bertz CT molecular complexity index is 509. The van der Waals surface area contributed by atoms with Gasteiger partial charge in [0.25, 0.3) is 0 Å². The van der Waals surface area contributed by atoms with E-state index in [0.717, 1.165) is 19.6 Å². The van der Waals surface area contributed by atoms with E-state index in [-0.39, 0.29) is 28.7 Å². The number of Topliss-reactive ketones (excluding diaryl/α,β-unsaturated/α-hetero) is 1. The number of aliphatic imine (C=N–C) groups is 2. The molecule has 11 heteroatoms. The molecule has 0 amide bonds. The van der Waals surface area contributed by atoms with E-state index >= 15 is 0 Å². The third kappa shape index (κ3) is 36.5. The van der Waals surface area contributed by atoms with Crippen molar-refractivity contribution in [2.45, 2.75) is 13.8 Å². The number of ketones is 1. The minimum Gasteiger partial charge on any atom is -1.00 e. The van der Waals surface area contributed by atoms with E-state index in [1.54, 1.807) is 13.8 Å². The quantitative estimate of drug-likeness (QED) is 0.116. The predicted molar refractivity (Wildman–Crippen MR) is 121 cm³/mol. The fourth-order valence-corrected chi connectivity index (χ4v) is 1.89. The Morgan fingerprint density at radius 3 is 1.96 bits per heavy atom. The van der Waals surface area contributed by atoms with Crippen LogP contribution in [0.25, 0.3) is 0 Å². The van der Waals surface area contributed by atoms with E-state index in [9.17, 15) is 9.59 Å². The van der Waals surface area contributed by atoms with Crippen LogP contribution in [0.15, 0.2) is 9.98 Å². The smallest absolute Gasteiger partial charge is 0.316 e. The molecule has 0 radical (unpaired) electrons. The van der Waals surface area contributed by atoms with Gasteiger partial charge in [-0.1, -0.05) is 15.9 Å². The van der Waals surface area contributed by atoms with Crippen LogP contribution in [0.3, 0.4) is 0 Å². The summed E-state index contributed by atoms with van der Waals surface area (Å²) in [5.74, 6) is -0.00571. The summed E-state index contributed by atoms with van der Waals surface area (Å²) in [6, 6.07) is 0. The number of alkyl halides is 1. The van der Waals surface area contributed by atoms with Gasteiger partial charge < -0.3 is 31.1 Å². The summed E-state index contributed by atoms with van der Waals surface area (Å²) in [5, 5.41) is 4.90. The van der Waals surface area contributed by atoms with Gasteiger partial charge in [-0.3, -0.25) is 9.59 Å². The molecule has 0 aromatic carbocycles. The number of isothiocyanates is 2. The normalized spacial score (nSPS) is 9.14. The third-order valence-electron chi connectivity index (χ3n) is 2.67. The Kier molecular flexibility index (Phi) is 30.9. The van der Waals surface area contributed by atoms with Crippen molar-refractivity contribution in [2.24, 2.45) is 9.98 Å². The van der Waals surface area contributed by atoms with Crippen molar-refractivity contribution in [1.29, 1.82) is 0 Å². The van der Waals surface area contributed by atoms with Crippen LogP contribution < -0.4 is 17.0 Å². The largest absolute Gasteiger partial charge is 1.00 e. The lowest BCUT2D eigenvalue weighted by Crippen LogP contribution is -3.00. The van der Waals surface area contributed by atoms with Crippen LogP contribution in [0.5, 0.6) is 0 Å². The fraction of sp³-hybridized carbons (Fsp3) is 0.765. The number of rotatable bonds is 10. The molecular weight excluding hydrogens is 532 g/mol. The minimum absolute atomic E-state index is 0. The number of thiocarbonyl (C=S) groups is 2. The molecule has 0 aliphatic rings. The maximum Gasteiger partial charge on any atom is 0.316 e. The second-order valence-electron chi connectivity index (χ2n) is 6.21. The van der Waals surface area contributed by atoms with Gasteiger partial charge in [0.15, 0.2) is 5.78 Å². The number of halogens is 2. The first-order valence-electron chi connectivity index (χ1n) is 8.31. The summed E-state index contributed by atoms with van der Waals surface area (Å²) in [4.78, 5) is 30.5. The van der Waals surface area contributed by atoms with E-state index in [4.69, 9.17) is 0 Å². The molecule has 0 atom stereocenters. The van der Waals surface area contributed by atoms with Gasteiger partial charge in [0.2, 0.25) is 0 Å². The first kappa shape index (κ1) is 35.1. The molecule has 0 rings (SSSR count). The van der Waals surface area contributed by atoms with Gasteiger partial charge in [-0.15, -0.1) is 0 Å². The average Bonchev–Trinajstić information content (AvgIpc) is 2.55. The predicted octanol–water partition coefficient (Wildman–Crippen LogP) is -0.646. The Morgan fingerprint density at radius 2 is 1.64 bits per heavy atom. The molecule has 0 aliphatic carbocycles. The first-order valence-corrected chi connectivity index (χ1v) is 10.2. The van der Waals surface area contributed by atoms with E-state index in [1.165, 1.54) is 0 Å². The minimum atomic E-state index is -0.206. The number of hydrogen-bond donors (Lipinski definition) is 0. The molecule has 0 saturated heterocycles. The van der Waals surface area contributed by atoms with E-state index in [2.05, 4.69) is 70.3 Å². The molecule has 0 saturated carbocycles. The van der Waals surface area contributed by atoms with E-state index in [1.807, 2.05) is 28.2 Å². The monoisotopic (exact) mass is 562 g/mol. The molecule has 0 fully saturated rings. The molecule has 0 aliphatic heterocycles. The van der Waals surface area contributed by atoms with Crippen LogP contribution in [0.2, 0.25) is 0 Å². The third-order valence-corrected chi connectivity index (χ3v) is 3.39. The van der Waals surface area contributed by atoms with Crippen molar-refractivity contribution >= 4 is 62.4 Å². The first-order chi connectivity index (χ1) is 12.6. The molecule has 0 spiro atoms. The summed E-state index contributed by atoms with van der Waals surface area (Å²) in [5.41, 5.74) is 0. The van der Waals surface area contributed by atoms with Gasteiger partial charge >= 0.3 is 5.97 Å². The number of likely N-dealkylation sites (N-methyl/N-ethyl adjacent to an activating group) is 2. The van der Waals surface area contributed by atoms with Crippen LogP contribution in [0.1, 0.15) is 13.8 Å². The van der Waals surface area contributed by atoms with Crippen molar-refractivity contribution in [3.8, 4) is 0 Å². The number of quaternary nitrogens is 1.